The van der Waals surface area contributed by atoms with Gasteiger partial charge in [-0.15, -0.1) is 0 Å². The van der Waals surface area contributed by atoms with Crippen molar-refractivity contribution in [2.24, 2.45) is 0 Å². The molecule has 5 nitrogen and oxygen atoms in total. The molecule has 5 heteroatoms. The largest absolute Gasteiger partial charge is 0.493 e. The molecular weight excluding hydrogens is 342 g/mol. The number of hydrogen-bond donors (Lipinski definition) is 2. The average Bonchev–Trinajstić information content (AvgIpc) is 2.68. The SMILES string of the molecule is CCCCOc1cc(C(C)=C(OC)C(=O)O)ccc1-c1cccc(NC)c1. The molecule has 0 aliphatic rings. The zero-order chi connectivity index (χ0) is 19.8. The number of ether oxygens (including phenoxy) is 2. The van der Waals surface area contributed by atoms with Gasteiger partial charge in [-0.1, -0.05) is 37.6 Å². The Morgan fingerprint density at radius 1 is 1.19 bits per heavy atom. The van der Waals surface area contributed by atoms with Crippen molar-refractivity contribution >= 4 is 17.2 Å². The Bertz CT molecular complexity index is 827. The monoisotopic (exact) mass is 369 g/mol. The van der Waals surface area contributed by atoms with Gasteiger partial charge in [0, 0.05) is 23.9 Å². The maximum Gasteiger partial charge on any atom is 0.371 e. The number of carboxylic acids is 1. The highest BCUT2D eigenvalue weighted by Crippen LogP contribution is 2.35. The predicted molar refractivity (Wildman–Crippen MR) is 109 cm³/mol. The molecule has 0 unspecified atom stereocenters. The Morgan fingerprint density at radius 2 is 1.96 bits per heavy atom. The standard InChI is InChI=1S/C22H27NO4/c1-5-6-12-27-20-14-16(15(2)21(26-4)22(24)25)10-11-19(20)17-8-7-9-18(13-17)23-3/h7-11,13-14,23H,5-6,12H2,1-4H3,(H,24,25). The summed E-state index contributed by atoms with van der Waals surface area (Å²) in [6.45, 7) is 4.46. The first-order chi connectivity index (χ1) is 13.0. The Morgan fingerprint density at radius 3 is 2.59 bits per heavy atom. The molecule has 0 aromatic heterocycles. The third-order valence-electron chi connectivity index (χ3n) is 4.37. The van der Waals surface area contributed by atoms with E-state index in [2.05, 4.69) is 18.3 Å². The van der Waals surface area contributed by atoms with Gasteiger partial charge in [0.15, 0.2) is 0 Å². The van der Waals surface area contributed by atoms with Crippen LogP contribution in [0.3, 0.4) is 0 Å². The topological polar surface area (TPSA) is 67.8 Å². The molecule has 0 fully saturated rings. The third-order valence-corrected chi connectivity index (χ3v) is 4.37. The van der Waals surface area contributed by atoms with Gasteiger partial charge in [0.1, 0.15) is 5.75 Å². The van der Waals surface area contributed by atoms with Gasteiger partial charge >= 0.3 is 5.97 Å². The summed E-state index contributed by atoms with van der Waals surface area (Å²) >= 11 is 0. The maximum absolute atomic E-state index is 11.4. The van der Waals surface area contributed by atoms with E-state index in [4.69, 9.17) is 9.47 Å². The van der Waals surface area contributed by atoms with Gasteiger partial charge in [0.2, 0.25) is 5.76 Å². The Labute approximate surface area is 160 Å². The molecule has 144 valence electrons. The van der Waals surface area contributed by atoms with Crippen molar-refractivity contribution in [3.8, 4) is 16.9 Å². The van der Waals surface area contributed by atoms with E-state index in [1.807, 2.05) is 43.4 Å². The van der Waals surface area contributed by atoms with Gasteiger partial charge < -0.3 is 19.9 Å². The van der Waals surface area contributed by atoms with Crippen LogP contribution in [0.4, 0.5) is 5.69 Å². The number of carbonyl (C=O) groups is 1. The number of allylic oxidation sites excluding steroid dienone is 1. The van der Waals surface area contributed by atoms with Crippen LogP contribution in [0.2, 0.25) is 0 Å². The summed E-state index contributed by atoms with van der Waals surface area (Å²) in [6, 6.07) is 13.8. The molecule has 27 heavy (non-hydrogen) atoms. The second kappa shape index (κ2) is 9.67. The minimum atomic E-state index is -1.09. The number of rotatable bonds is 9. The van der Waals surface area contributed by atoms with Crippen LogP contribution in [-0.4, -0.2) is 31.8 Å². The van der Waals surface area contributed by atoms with Crippen molar-refractivity contribution < 1.29 is 19.4 Å². The second-order valence-electron chi connectivity index (χ2n) is 6.21. The lowest BCUT2D eigenvalue weighted by atomic mass is 9.98. The van der Waals surface area contributed by atoms with Gasteiger partial charge in [-0.2, -0.15) is 0 Å². The lowest BCUT2D eigenvalue weighted by Crippen LogP contribution is -2.05. The third kappa shape index (κ3) is 5.03. The lowest BCUT2D eigenvalue weighted by molar-refractivity contribution is -0.135. The molecule has 0 amide bonds. The molecule has 2 aromatic carbocycles. The Kier molecular flexibility index (Phi) is 7.29. The molecular formula is C22H27NO4. The predicted octanol–water partition coefficient (Wildman–Crippen LogP) is 5.04. The second-order valence-corrected chi connectivity index (χ2v) is 6.21. The van der Waals surface area contributed by atoms with Crippen molar-refractivity contribution in [2.75, 3.05) is 26.1 Å². The van der Waals surface area contributed by atoms with E-state index >= 15 is 0 Å². The molecule has 0 saturated carbocycles. The number of methoxy groups -OCH3 is 1. The van der Waals surface area contributed by atoms with Crippen molar-refractivity contribution in [2.45, 2.75) is 26.7 Å². The first-order valence-electron chi connectivity index (χ1n) is 9.05. The van der Waals surface area contributed by atoms with Crippen LogP contribution in [0, 0.1) is 0 Å². The molecule has 2 rings (SSSR count). The quantitative estimate of drug-likeness (QED) is 0.368. The van der Waals surface area contributed by atoms with E-state index in [1.54, 1.807) is 6.92 Å². The van der Waals surface area contributed by atoms with Crippen LogP contribution in [0.15, 0.2) is 48.2 Å². The fourth-order valence-electron chi connectivity index (χ4n) is 2.81. The van der Waals surface area contributed by atoms with Crippen LogP contribution < -0.4 is 10.1 Å². The molecule has 0 atom stereocenters. The van der Waals surface area contributed by atoms with Gasteiger partial charge in [-0.3, -0.25) is 0 Å². The smallest absolute Gasteiger partial charge is 0.371 e. The highest BCUT2D eigenvalue weighted by atomic mass is 16.5. The molecule has 0 aliphatic heterocycles. The summed E-state index contributed by atoms with van der Waals surface area (Å²) in [4.78, 5) is 11.4. The van der Waals surface area contributed by atoms with Gasteiger partial charge in [-0.05, 0) is 42.7 Å². The van der Waals surface area contributed by atoms with Crippen LogP contribution in [-0.2, 0) is 9.53 Å². The van der Waals surface area contributed by atoms with Crippen molar-refractivity contribution in [3.63, 3.8) is 0 Å². The zero-order valence-corrected chi connectivity index (χ0v) is 16.3. The molecule has 0 heterocycles. The normalized spacial score (nSPS) is 11.6. The Hall–Kier alpha value is -2.95. The van der Waals surface area contributed by atoms with E-state index in [1.165, 1.54) is 7.11 Å². The van der Waals surface area contributed by atoms with Gasteiger partial charge in [0.25, 0.3) is 0 Å². The number of hydrogen-bond acceptors (Lipinski definition) is 4. The highest BCUT2D eigenvalue weighted by Gasteiger charge is 2.16. The van der Waals surface area contributed by atoms with Crippen molar-refractivity contribution in [3.05, 3.63) is 53.8 Å². The summed E-state index contributed by atoms with van der Waals surface area (Å²) in [5.41, 5.74) is 4.33. The fourth-order valence-corrected chi connectivity index (χ4v) is 2.81. The summed E-state index contributed by atoms with van der Waals surface area (Å²) in [5, 5.41) is 12.5. The van der Waals surface area contributed by atoms with Crippen LogP contribution in [0.5, 0.6) is 5.75 Å². The number of unbranched alkanes of at least 4 members (excludes halogenated alkanes) is 1. The number of aliphatic carboxylic acids is 1. The molecule has 0 radical (unpaired) electrons. The molecule has 0 aliphatic carbocycles. The molecule has 2 aromatic rings. The first-order valence-corrected chi connectivity index (χ1v) is 9.05. The number of carboxylic acid groups (broad SMARTS) is 1. The van der Waals surface area contributed by atoms with E-state index in [0.717, 1.165) is 41.0 Å². The maximum atomic E-state index is 11.4. The summed E-state index contributed by atoms with van der Waals surface area (Å²) in [5.74, 6) is -0.428. The molecule has 0 spiro atoms. The minimum absolute atomic E-state index is 0.0700. The van der Waals surface area contributed by atoms with E-state index in [0.29, 0.717) is 12.2 Å². The first kappa shape index (κ1) is 20.4. The highest BCUT2D eigenvalue weighted by molar-refractivity contribution is 5.94. The van der Waals surface area contributed by atoms with Crippen LogP contribution in [0.1, 0.15) is 32.3 Å². The van der Waals surface area contributed by atoms with E-state index in [-0.39, 0.29) is 5.76 Å². The van der Waals surface area contributed by atoms with Crippen LogP contribution in [0.25, 0.3) is 16.7 Å². The molecule has 2 N–H and O–H groups in total. The fraction of sp³-hybridized carbons (Fsp3) is 0.318. The number of nitrogens with one attached hydrogen (secondary N) is 1. The summed E-state index contributed by atoms with van der Waals surface area (Å²) < 4.78 is 11.1. The number of anilines is 1. The van der Waals surface area contributed by atoms with Crippen molar-refractivity contribution in [1.29, 1.82) is 0 Å². The minimum Gasteiger partial charge on any atom is -0.493 e. The molecule has 0 bridgehead atoms. The van der Waals surface area contributed by atoms with E-state index < -0.39 is 5.97 Å². The van der Waals surface area contributed by atoms with Crippen molar-refractivity contribution in [1.82, 2.24) is 0 Å². The Balaban J connectivity index is 2.53. The molecule has 0 saturated heterocycles. The number of benzene rings is 2. The van der Waals surface area contributed by atoms with Gasteiger partial charge in [-0.25, -0.2) is 4.79 Å². The van der Waals surface area contributed by atoms with E-state index in [9.17, 15) is 9.90 Å². The average molecular weight is 369 g/mol. The van der Waals surface area contributed by atoms with Gasteiger partial charge in [0.05, 0.1) is 13.7 Å². The van der Waals surface area contributed by atoms with Crippen LogP contribution >= 0.6 is 0 Å². The summed E-state index contributed by atoms with van der Waals surface area (Å²) in [7, 11) is 3.25. The summed E-state index contributed by atoms with van der Waals surface area (Å²) in [6.07, 6.45) is 1.99. The zero-order valence-electron chi connectivity index (χ0n) is 16.3. The lowest BCUT2D eigenvalue weighted by Gasteiger charge is -2.15.